The first kappa shape index (κ1) is 31.3. The maximum Gasteiger partial charge on any atom is 0.416 e. The molecule has 0 aromatic heterocycles. The number of nitrogens with one attached hydrogen (secondary N) is 1. The van der Waals surface area contributed by atoms with Crippen molar-refractivity contribution in [3.8, 4) is 0 Å². The Morgan fingerprint density at radius 3 is 2.28 bits per heavy atom. The number of amides is 2. The molecule has 220 valence electrons. The lowest BCUT2D eigenvalue weighted by Gasteiger charge is -2.36. The summed E-state index contributed by atoms with van der Waals surface area (Å²) in [5.74, 6) is -1.10. The molecule has 1 heterocycles. The van der Waals surface area contributed by atoms with Crippen LogP contribution in [0.25, 0.3) is 0 Å². The SMILES string of the molecule is CC(C)(C)C[C@@H](CN[C@@H]1CC[C@H]2CN(S(=O)(=O)c3cccc(C(F)(F)F)c3)C[C@H]21)C(=O)N(C(=O)O)C(C)(C)C. The Morgan fingerprint density at radius 1 is 1.10 bits per heavy atom. The number of fused-ring (bicyclic) bond motifs is 1. The summed E-state index contributed by atoms with van der Waals surface area (Å²) in [7, 11) is -4.11. The van der Waals surface area contributed by atoms with Crippen molar-refractivity contribution in [2.45, 2.75) is 83.5 Å². The molecular weight excluding hydrogens is 535 g/mol. The Hall–Kier alpha value is -2.18. The van der Waals surface area contributed by atoms with Crippen molar-refractivity contribution in [3.05, 3.63) is 29.8 Å². The molecule has 3 rings (SSSR count). The van der Waals surface area contributed by atoms with E-state index in [1.54, 1.807) is 20.8 Å². The summed E-state index contributed by atoms with van der Waals surface area (Å²) < 4.78 is 67.2. The van der Waals surface area contributed by atoms with E-state index in [1.807, 2.05) is 20.8 Å². The third-order valence-corrected chi connectivity index (χ3v) is 9.37. The number of hydrogen-bond donors (Lipinski definition) is 2. The summed E-state index contributed by atoms with van der Waals surface area (Å²) >= 11 is 0. The monoisotopic (exact) mass is 575 g/mol. The van der Waals surface area contributed by atoms with Crippen molar-refractivity contribution in [2.75, 3.05) is 19.6 Å². The van der Waals surface area contributed by atoms with Crippen LogP contribution in [0.1, 0.15) is 66.4 Å². The molecule has 1 saturated carbocycles. The molecule has 0 bridgehead atoms. The highest BCUT2D eigenvalue weighted by molar-refractivity contribution is 7.89. The highest BCUT2D eigenvalue weighted by Crippen LogP contribution is 2.41. The number of nitrogens with zero attached hydrogens (tertiary/aromatic N) is 2. The number of sulfonamides is 1. The van der Waals surface area contributed by atoms with Crippen molar-refractivity contribution in [1.82, 2.24) is 14.5 Å². The summed E-state index contributed by atoms with van der Waals surface area (Å²) in [5, 5.41) is 13.2. The molecule has 4 atom stereocenters. The van der Waals surface area contributed by atoms with Gasteiger partial charge in [-0.1, -0.05) is 26.8 Å². The number of imide groups is 1. The van der Waals surface area contributed by atoms with Gasteiger partial charge in [0.05, 0.1) is 16.4 Å². The van der Waals surface area contributed by atoms with Crippen LogP contribution < -0.4 is 5.32 Å². The van der Waals surface area contributed by atoms with Gasteiger partial charge in [-0.05, 0) is 75.5 Å². The van der Waals surface area contributed by atoms with E-state index in [-0.39, 0.29) is 47.8 Å². The van der Waals surface area contributed by atoms with Gasteiger partial charge in [0.25, 0.3) is 0 Å². The second kappa shape index (κ2) is 11.0. The molecule has 1 aromatic carbocycles. The van der Waals surface area contributed by atoms with Gasteiger partial charge in [-0.15, -0.1) is 0 Å². The highest BCUT2D eigenvalue weighted by Gasteiger charge is 2.47. The van der Waals surface area contributed by atoms with E-state index in [0.717, 1.165) is 29.9 Å². The molecule has 2 aliphatic rings. The van der Waals surface area contributed by atoms with E-state index in [2.05, 4.69) is 5.32 Å². The number of carboxylic acid groups (broad SMARTS) is 1. The Labute approximate surface area is 229 Å². The van der Waals surface area contributed by atoms with Crippen LogP contribution in [0.5, 0.6) is 0 Å². The van der Waals surface area contributed by atoms with E-state index in [1.165, 1.54) is 10.4 Å². The minimum Gasteiger partial charge on any atom is -0.465 e. The van der Waals surface area contributed by atoms with E-state index in [0.29, 0.717) is 12.5 Å². The fraction of sp³-hybridized carbons (Fsp3) is 0.704. The number of benzene rings is 1. The molecule has 0 unspecified atom stereocenters. The van der Waals surface area contributed by atoms with Gasteiger partial charge in [-0.3, -0.25) is 4.79 Å². The quantitative estimate of drug-likeness (QED) is 0.471. The van der Waals surface area contributed by atoms with E-state index in [4.69, 9.17) is 0 Å². The first-order chi connectivity index (χ1) is 17.7. The summed E-state index contributed by atoms with van der Waals surface area (Å²) in [5.41, 5.74) is -2.17. The molecule has 2 amide bonds. The normalized spacial score (nSPS) is 23.5. The second-order valence-electron chi connectivity index (χ2n) is 13.0. The molecule has 0 radical (unpaired) electrons. The van der Waals surface area contributed by atoms with Crippen LogP contribution >= 0.6 is 0 Å². The molecule has 8 nitrogen and oxygen atoms in total. The summed E-state index contributed by atoms with van der Waals surface area (Å²) in [6.45, 7) is 11.6. The zero-order chi connectivity index (χ0) is 29.6. The van der Waals surface area contributed by atoms with Crippen molar-refractivity contribution in [2.24, 2.45) is 23.2 Å². The molecular formula is C27H40F3N3O5S. The summed E-state index contributed by atoms with van der Waals surface area (Å²) in [6, 6.07) is 3.70. The number of rotatable bonds is 7. The molecule has 12 heteroatoms. The third-order valence-electron chi connectivity index (χ3n) is 7.54. The van der Waals surface area contributed by atoms with Crippen LogP contribution in [0, 0.1) is 23.2 Å². The van der Waals surface area contributed by atoms with Crippen molar-refractivity contribution >= 4 is 22.0 Å². The van der Waals surface area contributed by atoms with Crippen molar-refractivity contribution in [1.29, 1.82) is 0 Å². The zero-order valence-corrected chi connectivity index (χ0v) is 24.2. The maximum absolute atomic E-state index is 13.4. The number of carbonyl (C=O) groups is 2. The largest absolute Gasteiger partial charge is 0.465 e. The lowest BCUT2D eigenvalue weighted by Crippen LogP contribution is -2.53. The average molecular weight is 576 g/mol. The van der Waals surface area contributed by atoms with Gasteiger partial charge >= 0.3 is 12.3 Å². The van der Waals surface area contributed by atoms with Crippen molar-refractivity contribution < 1.29 is 36.3 Å². The van der Waals surface area contributed by atoms with E-state index >= 15 is 0 Å². The van der Waals surface area contributed by atoms with E-state index < -0.39 is 45.2 Å². The molecule has 0 spiro atoms. The molecule has 39 heavy (non-hydrogen) atoms. The predicted molar refractivity (Wildman–Crippen MR) is 140 cm³/mol. The van der Waals surface area contributed by atoms with E-state index in [9.17, 15) is 36.3 Å². The van der Waals surface area contributed by atoms with Gasteiger partial charge in [-0.25, -0.2) is 18.1 Å². The van der Waals surface area contributed by atoms with Gasteiger partial charge in [0.15, 0.2) is 0 Å². The standard InChI is InChI=1S/C27H40F3N3O5S/c1-25(2,3)13-18(23(34)33(24(35)36)26(4,5)6)14-31-22-11-10-17-15-32(16-21(17)22)39(37,38)20-9-7-8-19(12-20)27(28,29)30/h7-9,12,17-18,21-22,31H,10-11,13-16H2,1-6H3,(H,35,36)/t17-,18-,21+,22+/m0/s1. The second-order valence-corrected chi connectivity index (χ2v) is 14.9. The lowest BCUT2D eigenvalue weighted by atomic mass is 9.83. The number of alkyl halides is 3. The average Bonchev–Trinajstić information content (AvgIpc) is 3.36. The first-order valence-corrected chi connectivity index (χ1v) is 14.6. The lowest BCUT2D eigenvalue weighted by molar-refractivity contribution is -0.139. The van der Waals surface area contributed by atoms with Gasteiger partial charge in [0, 0.05) is 31.2 Å². The van der Waals surface area contributed by atoms with Crippen LogP contribution in [0.2, 0.25) is 0 Å². The van der Waals surface area contributed by atoms with Gasteiger partial charge in [0.2, 0.25) is 15.9 Å². The fourth-order valence-electron chi connectivity index (χ4n) is 5.83. The number of carbonyl (C=O) groups excluding carboxylic acids is 1. The minimum absolute atomic E-state index is 0.0462. The first-order valence-electron chi connectivity index (χ1n) is 13.2. The molecule has 1 aromatic rings. The fourth-order valence-corrected chi connectivity index (χ4v) is 7.41. The molecule has 2 fully saturated rings. The maximum atomic E-state index is 13.4. The molecule has 2 N–H and O–H groups in total. The Balaban J connectivity index is 1.74. The zero-order valence-electron chi connectivity index (χ0n) is 23.4. The van der Waals surface area contributed by atoms with Crippen LogP contribution in [-0.2, 0) is 21.0 Å². The summed E-state index contributed by atoms with van der Waals surface area (Å²) in [4.78, 5) is 25.9. The highest BCUT2D eigenvalue weighted by atomic mass is 32.2. The molecule has 1 aliphatic carbocycles. The summed E-state index contributed by atoms with van der Waals surface area (Å²) in [6.07, 6.45) is -3.98. The molecule has 1 saturated heterocycles. The van der Waals surface area contributed by atoms with Crippen LogP contribution in [-0.4, -0.2) is 65.9 Å². The third kappa shape index (κ3) is 7.32. The Kier molecular flexibility index (Phi) is 8.85. The van der Waals surface area contributed by atoms with Crippen LogP contribution in [0.4, 0.5) is 18.0 Å². The number of halogens is 3. The smallest absolute Gasteiger partial charge is 0.416 e. The van der Waals surface area contributed by atoms with Gasteiger partial charge in [0.1, 0.15) is 0 Å². The minimum atomic E-state index is -4.65. The topological polar surface area (TPSA) is 107 Å². The van der Waals surface area contributed by atoms with Gasteiger partial charge < -0.3 is 10.4 Å². The Bertz CT molecular complexity index is 1170. The number of hydrogen-bond acceptors (Lipinski definition) is 5. The molecule has 1 aliphatic heterocycles. The van der Waals surface area contributed by atoms with Crippen molar-refractivity contribution in [3.63, 3.8) is 0 Å². The van der Waals surface area contributed by atoms with Gasteiger partial charge in [-0.2, -0.15) is 17.5 Å². The Morgan fingerprint density at radius 2 is 1.74 bits per heavy atom. The van der Waals surface area contributed by atoms with Crippen LogP contribution in [0.3, 0.4) is 0 Å². The predicted octanol–water partition coefficient (Wildman–Crippen LogP) is 5.05. The van der Waals surface area contributed by atoms with Crippen LogP contribution in [0.15, 0.2) is 29.2 Å².